The van der Waals surface area contributed by atoms with Crippen LogP contribution in [-0.4, -0.2) is 53.7 Å². The molecule has 224 valence electrons. The molecular weight excluding hydrogens is 571 g/mol. The molecule has 3 atom stereocenters. The van der Waals surface area contributed by atoms with Crippen LogP contribution in [0.5, 0.6) is 11.5 Å². The third-order valence-electron chi connectivity index (χ3n) is 6.75. The topological polar surface area (TPSA) is 115 Å². The predicted octanol–water partition coefficient (Wildman–Crippen LogP) is 5.89. The highest BCUT2D eigenvalue weighted by molar-refractivity contribution is 8.14. The van der Waals surface area contributed by atoms with Crippen LogP contribution in [0.4, 0.5) is 5.13 Å². The third kappa shape index (κ3) is 9.70. The number of nitrogens with zero attached hydrogens (tertiary/aromatic N) is 3. The minimum atomic E-state index is -0.128. The minimum Gasteiger partial charge on any atom is -0.497 e. The van der Waals surface area contributed by atoms with Crippen molar-refractivity contribution in [1.29, 1.82) is 0 Å². The first-order valence-corrected chi connectivity index (χ1v) is 15.4. The van der Waals surface area contributed by atoms with Gasteiger partial charge in [-0.15, -0.1) is 23.4 Å². The Hall–Kier alpha value is -3.70. The van der Waals surface area contributed by atoms with Crippen molar-refractivity contribution in [3.63, 3.8) is 0 Å². The molecule has 0 aliphatic heterocycles. The molecule has 2 N–H and O–H groups in total. The highest BCUT2D eigenvalue weighted by Gasteiger charge is 2.32. The Kier molecular flexibility index (Phi) is 13.0. The molecule has 1 saturated carbocycles. The predicted molar refractivity (Wildman–Crippen MR) is 172 cm³/mol. The van der Waals surface area contributed by atoms with Gasteiger partial charge in [-0.05, 0) is 61.6 Å². The van der Waals surface area contributed by atoms with E-state index in [0.717, 1.165) is 51.9 Å². The number of carbonyl (C=O) groups is 2. The largest absolute Gasteiger partial charge is 0.497 e. The van der Waals surface area contributed by atoms with Crippen molar-refractivity contribution in [1.82, 2.24) is 15.5 Å². The summed E-state index contributed by atoms with van der Waals surface area (Å²) in [5.41, 5.74) is 1.84. The number of rotatable bonds is 11. The van der Waals surface area contributed by atoms with Gasteiger partial charge in [-0.25, -0.2) is 0 Å². The van der Waals surface area contributed by atoms with E-state index in [1.54, 1.807) is 26.0 Å². The fourth-order valence-electron chi connectivity index (χ4n) is 4.72. The summed E-state index contributed by atoms with van der Waals surface area (Å²) in [5, 5.41) is 16.9. The van der Waals surface area contributed by atoms with Gasteiger partial charge in [-0.2, -0.15) is 0 Å². The van der Waals surface area contributed by atoms with Crippen LogP contribution in [-0.2, 0) is 22.4 Å². The first-order chi connectivity index (χ1) is 20.4. The molecule has 0 radical (unpaired) electrons. The summed E-state index contributed by atoms with van der Waals surface area (Å²) in [6.07, 6.45) is 3.47. The molecule has 1 aromatic heterocycles. The van der Waals surface area contributed by atoms with Crippen LogP contribution in [0.25, 0.3) is 0 Å². The molecule has 3 unspecified atom stereocenters. The highest BCUT2D eigenvalue weighted by Crippen LogP contribution is 2.42. The number of hydrogen-bond donors (Lipinski definition) is 2. The number of aromatic nitrogens is 2. The number of benzene rings is 2. The van der Waals surface area contributed by atoms with E-state index in [2.05, 4.69) is 39.0 Å². The Bertz CT molecular complexity index is 1330. The Balaban J connectivity index is 0.00000237. The molecule has 4 rings (SSSR count). The molecule has 1 aliphatic rings. The fraction of sp³-hybridized carbons (Fsp3) is 0.387. The van der Waals surface area contributed by atoms with Gasteiger partial charge in [0.15, 0.2) is 0 Å². The molecule has 1 aliphatic carbocycles. The second kappa shape index (κ2) is 16.7. The Morgan fingerprint density at radius 1 is 0.976 bits per heavy atom. The summed E-state index contributed by atoms with van der Waals surface area (Å²) < 4.78 is 10.3. The number of carbonyl (C=O) groups excluding carboxylic acids is 2. The average molecular weight is 610 g/mol. The van der Waals surface area contributed by atoms with Crippen molar-refractivity contribution in [2.24, 2.45) is 10.9 Å². The van der Waals surface area contributed by atoms with Gasteiger partial charge in [0.2, 0.25) is 16.9 Å². The van der Waals surface area contributed by atoms with Gasteiger partial charge in [0.1, 0.15) is 16.5 Å². The summed E-state index contributed by atoms with van der Waals surface area (Å²) in [6.45, 7) is 7.99. The van der Waals surface area contributed by atoms with Crippen molar-refractivity contribution < 1.29 is 19.1 Å². The number of methoxy groups -OCH3 is 2. The zero-order chi connectivity index (χ0) is 30.5. The van der Waals surface area contributed by atoms with Gasteiger partial charge in [0, 0.05) is 18.9 Å². The maximum absolute atomic E-state index is 12.6. The first-order valence-electron chi connectivity index (χ1n) is 13.7. The molecule has 0 saturated heterocycles. The number of hydrogen-bond acceptors (Lipinski definition) is 9. The zero-order valence-corrected chi connectivity index (χ0v) is 26.2. The molecule has 2 aromatic carbocycles. The van der Waals surface area contributed by atoms with Crippen LogP contribution in [0, 0.1) is 5.92 Å². The maximum atomic E-state index is 12.6. The molecular formula is C31H39N5O4S2. The van der Waals surface area contributed by atoms with Gasteiger partial charge in [-0.1, -0.05) is 47.4 Å². The van der Waals surface area contributed by atoms with Crippen LogP contribution in [0.2, 0.25) is 0 Å². The van der Waals surface area contributed by atoms with Crippen molar-refractivity contribution in [3.05, 3.63) is 77.8 Å². The molecule has 9 nitrogen and oxygen atoms in total. The lowest BCUT2D eigenvalue weighted by molar-refractivity contribution is -0.120. The van der Waals surface area contributed by atoms with Gasteiger partial charge in [0.25, 0.3) is 0 Å². The molecule has 3 aromatic rings. The number of thioether (sulfide) groups is 1. The lowest BCUT2D eigenvalue weighted by Crippen LogP contribution is -2.33. The second-order valence-corrected chi connectivity index (χ2v) is 12.0. The standard InChI is InChI=1S/C29H35N5O4S2.C2H4/c1-18(31-25(35)15-19-5-11-23(37-3)12-6-19)39-27(30-2)21-9-10-22(17-21)28-33-34-29(40-28)32-26(36)16-20-7-13-24(38-4)14-8-20;1-2/h5-8,11-14,18,21-22H,9-10,15-17H2,1-4H3,(H,31,35)(H,32,34,36);1-2H2. The molecule has 2 amide bonds. The van der Waals surface area contributed by atoms with Crippen molar-refractivity contribution in [2.45, 2.75) is 50.3 Å². The highest BCUT2D eigenvalue weighted by atomic mass is 32.2. The summed E-state index contributed by atoms with van der Waals surface area (Å²) in [7, 11) is 5.04. The monoisotopic (exact) mass is 609 g/mol. The van der Waals surface area contributed by atoms with Crippen LogP contribution in [0.3, 0.4) is 0 Å². The number of anilines is 1. The van der Waals surface area contributed by atoms with Crippen LogP contribution in [0.15, 0.2) is 66.7 Å². The lowest BCUT2D eigenvalue weighted by Gasteiger charge is -2.18. The van der Waals surface area contributed by atoms with E-state index in [1.807, 2.05) is 62.5 Å². The Morgan fingerprint density at radius 2 is 1.55 bits per heavy atom. The number of amides is 2. The van der Waals surface area contributed by atoms with E-state index in [-0.39, 0.29) is 29.5 Å². The van der Waals surface area contributed by atoms with Gasteiger partial charge >= 0.3 is 0 Å². The normalized spacial score (nSPS) is 17.0. The number of aliphatic imine (C=N–C) groups is 1. The second-order valence-electron chi connectivity index (χ2n) is 9.64. The van der Waals surface area contributed by atoms with Crippen LogP contribution < -0.4 is 20.1 Å². The Labute approximate surface area is 256 Å². The third-order valence-corrected chi connectivity index (χ3v) is 8.98. The molecule has 1 fully saturated rings. The van der Waals surface area contributed by atoms with Crippen molar-refractivity contribution in [2.75, 3.05) is 26.6 Å². The van der Waals surface area contributed by atoms with E-state index < -0.39 is 0 Å². The quantitative estimate of drug-likeness (QED) is 0.121. The Morgan fingerprint density at radius 3 is 2.10 bits per heavy atom. The molecule has 0 spiro atoms. The van der Waals surface area contributed by atoms with E-state index >= 15 is 0 Å². The minimum absolute atomic E-state index is 0.0275. The van der Waals surface area contributed by atoms with Crippen LogP contribution in [0.1, 0.15) is 48.2 Å². The number of ether oxygens (including phenoxy) is 2. The number of nitrogens with one attached hydrogen (secondary N) is 2. The van der Waals surface area contributed by atoms with E-state index in [9.17, 15) is 9.59 Å². The maximum Gasteiger partial charge on any atom is 0.230 e. The molecule has 11 heteroatoms. The lowest BCUT2D eigenvalue weighted by atomic mass is 10.1. The van der Waals surface area contributed by atoms with E-state index in [4.69, 9.17) is 9.47 Å². The molecule has 0 bridgehead atoms. The molecule has 1 heterocycles. The van der Waals surface area contributed by atoms with Gasteiger partial charge in [-0.3, -0.25) is 14.6 Å². The van der Waals surface area contributed by atoms with Gasteiger partial charge < -0.3 is 20.1 Å². The summed E-state index contributed by atoms with van der Waals surface area (Å²) >= 11 is 3.04. The SMILES string of the molecule is C=C.CN=C(SC(C)NC(=O)Cc1ccc(OC)cc1)C1CCC(c2nnc(NC(=O)Cc3ccc(OC)cc3)s2)C1. The summed E-state index contributed by atoms with van der Waals surface area (Å²) in [5.74, 6) is 1.94. The fourth-order valence-corrected chi connectivity index (χ4v) is 6.69. The zero-order valence-electron chi connectivity index (χ0n) is 24.6. The average Bonchev–Trinajstić information content (AvgIpc) is 3.68. The smallest absolute Gasteiger partial charge is 0.230 e. The van der Waals surface area contributed by atoms with Crippen LogP contribution >= 0.6 is 23.1 Å². The first kappa shape index (κ1) is 32.8. The summed E-state index contributed by atoms with van der Waals surface area (Å²) in [4.78, 5) is 29.6. The van der Waals surface area contributed by atoms with E-state index in [1.165, 1.54) is 11.3 Å². The molecule has 42 heavy (non-hydrogen) atoms. The van der Waals surface area contributed by atoms with Crippen molar-refractivity contribution in [3.8, 4) is 11.5 Å². The van der Waals surface area contributed by atoms with Crippen molar-refractivity contribution >= 4 is 45.1 Å². The van der Waals surface area contributed by atoms with E-state index in [0.29, 0.717) is 17.5 Å². The summed E-state index contributed by atoms with van der Waals surface area (Å²) in [6, 6.07) is 14.9. The van der Waals surface area contributed by atoms with Gasteiger partial charge in [0.05, 0.1) is 37.5 Å².